The molecular formula is C18H14F3IN4. The van der Waals surface area contributed by atoms with Gasteiger partial charge in [-0.2, -0.15) is 18.2 Å². The van der Waals surface area contributed by atoms with Gasteiger partial charge in [-0.3, -0.25) is 0 Å². The third-order valence-electron chi connectivity index (χ3n) is 3.46. The molecule has 0 atom stereocenters. The minimum Gasteiger partial charge on any atom is -0.340 e. The fourth-order valence-corrected chi connectivity index (χ4v) is 2.84. The third kappa shape index (κ3) is 4.63. The summed E-state index contributed by atoms with van der Waals surface area (Å²) in [6.07, 6.45) is -3.78. The number of alkyl halides is 3. The minimum atomic E-state index is -4.56. The van der Waals surface area contributed by atoms with Crippen LogP contribution in [0, 0.1) is 10.5 Å². The molecule has 0 aliphatic rings. The lowest BCUT2D eigenvalue weighted by Gasteiger charge is -2.15. The van der Waals surface area contributed by atoms with Crippen LogP contribution in [0.15, 0.2) is 54.7 Å². The number of aromatic nitrogens is 2. The molecule has 3 rings (SSSR count). The lowest BCUT2D eigenvalue weighted by molar-refractivity contribution is -0.137. The van der Waals surface area contributed by atoms with Crippen LogP contribution >= 0.6 is 22.6 Å². The summed E-state index contributed by atoms with van der Waals surface area (Å²) in [4.78, 5) is 7.84. The Morgan fingerprint density at radius 3 is 2.31 bits per heavy atom. The second-order valence-electron chi connectivity index (χ2n) is 5.58. The molecule has 0 spiro atoms. The van der Waals surface area contributed by atoms with Gasteiger partial charge < -0.3 is 10.6 Å². The number of benzene rings is 2. The average molecular weight is 470 g/mol. The lowest BCUT2D eigenvalue weighted by atomic mass is 10.2. The molecule has 0 radical (unpaired) electrons. The van der Waals surface area contributed by atoms with Gasteiger partial charge >= 0.3 is 6.18 Å². The minimum absolute atomic E-state index is 0.0803. The summed E-state index contributed by atoms with van der Waals surface area (Å²) in [5.41, 5.74) is 1.30. The second kappa shape index (κ2) is 7.48. The number of nitrogens with zero attached hydrogens (tertiary/aromatic N) is 2. The van der Waals surface area contributed by atoms with Crippen LogP contribution in [0.25, 0.3) is 0 Å². The van der Waals surface area contributed by atoms with E-state index in [-0.39, 0.29) is 11.8 Å². The van der Waals surface area contributed by atoms with Gasteiger partial charge in [0.05, 0.1) is 0 Å². The summed E-state index contributed by atoms with van der Waals surface area (Å²) in [5.74, 6) is -0.221. The third-order valence-corrected chi connectivity index (χ3v) is 4.13. The van der Waals surface area contributed by atoms with Crippen molar-refractivity contribution in [2.75, 3.05) is 10.6 Å². The van der Waals surface area contributed by atoms with E-state index in [4.69, 9.17) is 0 Å². The van der Waals surface area contributed by atoms with Gasteiger partial charge in [0.2, 0.25) is 5.95 Å². The Labute approximate surface area is 162 Å². The van der Waals surface area contributed by atoms with Crippen molar-refractivity contribution in [1.82, 2.24) is 9.97 Å². The number of aryl methyl sites for hydroxylation is 1. The molecule has 0 saturated carbocycles. The van der Waals surface area contributed by atoms with Crippen molar-refractivity contribution in [1.29, 1.82) is 0 Å². The molecule has 8 heteroatoms. The normalized spacial score (nSPS) is 11.3. The molecule has 4 nitrogen and oxygen atoms in total. The fourth-order valence-electron chi connectivity index (χ4n) is 2.30. The molecule has 26 heavy (non-hydrogen) atoms. The van der Waals surface area contributed by atoms with Gasteiger partial charge in [-0.25, -0.2) is 4.98 Å². The van der Waals surface area contributed by atoms with Crippen LogP contribution in [0.3, 0.4) is 0 Å². The Morgan fingerprint density at radius 2 is 1.65 bits per heavy atom. The van der Waals surface area contributed by atoms with E-state index in [1.165, 1.54) is 0 Å². The maximum atomic E-state index is 13.3. The van der Waals surface area contributed by atoms with Crippen LogP contribution in [-0.2, 0) is 6.18 Å². The lowest BCUT2D eigenvalue weighted by Crippen LogP contribution is -2.12. The van der Waals surface area contributed by atoms with Crippen LogP contribution in [0.5, 0.6) is 0 Å². The number of hydrogen-bond donors (Lipinski definition) is 2. The predicted octanol–water partition coefficient (Wildman–Crippen LogP) is 5.90. The van der Waals surface area contributed by atoms with Gasteiger partial charge in [-0.1, -0.05) is 18.2 Å². The van der Waals surface area contributed by atoms with Crippen LogP contribution in [-0.4, -0.2) is 9.97 Å². The van der Waals surface area contributed by atoms with Crippen molar-refractivity contribution in [3.8, 4) is 0 Å². The summed E-state index contributed by atoms with van der Waals surface area (Å²) >= 11 is 2.09. The number of anilines is 4. The molecule has 2 N–H and O–H groups in total. The van der Waals surface area contributed by atoms with E-state index < -0.39 is 11.7 Å². The summed E-state index contributed by atoms with van der Waals surface area (Å²) in [5, 5.41) is 5.67. The van der Waals surface area contributed by atoms with Crippen molar-refractivity contribution in [3.05, 3.63) is 69.4 Å². The topological polar surface area (TPSA) is 49.8 Å². The molecule has 0 saturated heterocycles. The van der Waals surface area contributed by atoms with Gasteiger partial charge in [0.1, 0.15) is 11.4 Å². The largest absolute Gasteiger partial charge is 0.421 e. The first-order valence-corrected chi connectivity index (χ1v) is 8.70. The molecule has 0 aliphatic carbocycles. The van der Waals surface area contributed by atoms with Gasteiger partial charge in [0.25, 0.3) is 0 Å². The van der Waals surface area contributed by atoms with E-state index in [0.29, 0.717) is 11.4 Å². The molecule has 0 aliphatic heterocycles. The van der Waals surface area contributed by atoms with Crippen LogP contribution < -0.4 is 10.6 Å². The molecule has 0 amide bonds. The number of hydrogen-bond acceptors (Lipinski definition) is 4. The second-order valence-corrected chi connectivity index (χ2v) is 6.83. The molecule has 3 aromatic rings. The van der Waals surface area contributed by atoms with Crippen molar-refractivity contribution in [3.63, 3.8) is 0 Å². The van der Waals surface area contributed by atoms with Crippen LogP contribution in [0.4, 0.5) is 36.3 Å². The zero-order valence-electron chi connectivity index (χ0n) is 13.6. The zero-order valence-corrected chi connectivity index (χ0v) is 15.8. The standard InChI is InChI=1S/C18H14F3IN4/c1-11-4-2-6-13(8-11)25-17-23-10-15(18(19,20)21)16(26-17)24-14-7-3-5-12(22)9-14/h2-10H,1H3,(H2,23,24,25,26). The number of rotatable bonds is 4. The first-order valence-electron chi connectivity index (χ1n) is 7.62. The Morgan fingerprint density at radius 1 is 0.962 bits per heavy atom. The first-order chi connectivity index (χ1) is 12.3. The highest BCUT2D eigenvalue weighted by atomic mass is 127. The number of halogens is 4. The van der Waals surface area contributed by atoms with Crippen LogP contribution in [0.1, 0.15) is 11.1 Å². The highest BCUT2D eigenvalue weighted by Gasteiger charge is 2.35. The van der Waals surface area contributed by atoms with Crippen molar-refractivity contribution < 1.29 is 13.2 Å². The summed E-state index contributed by atoms with van der Waals surface area (Å²) in [6, 6.07) is 14.4. The predicted molar refractivity (Wildman–Crippen MR) is 104 cm³/mol. The Kier molecular flexibility index (Phi) is 5.30. The van der Waals surface area contributed by atoms with Crippen molar-refractivity contribution >= 4 is 45.7 Å². The monoisotopic (exact) mass is 470 g/mol. The van der Waals surface area contributed by atoms with E-state index in [1.807, 2.05) is 31.2 Å². The van der Waals surface area contributed by atoms with Gasteiger partial charge in [-0.05, 0) is 65.4 Å². The van der Waals surface area contributed by atoms with Gasteiger partial charge in [0, 0.05) is 21.1 Å². The van der Waals surface area contributed by atoms with Crippen molar-refractivity contribution in [2.45, 2.75) is 13.1 Å². The van der Waals surface area contributed by atoms with E-state index in [9.17, 15) is 13.2 Å². The fraction of sp³-hybridized carbons (Fsp3) is 0.111. The van der Waals surface area contributed by atoms with Crippen LogP contribution in [0.2, 0.25) is 0 Å². The smallest absolute Gasteiger partial charge is 0.340 e. The van der Waals surface area contributed by atoms with E-state index >= 15 is 0 Å². The zero-order chi connectivity index (χ0) is 18.7. The van der Waals surface area contributed by atoms with Gasteiger partial charge in [-0.15, -0.1) is 0 Å². The highest BCUT2D eigenvalue weighted by molar-refractivity contribution is 14.1. The summed E-state index contributed by atoms with van der Waals surface area (Å²) < 4.78 is 40.8. The Hall–Kier alpha value is -2.36. The quantitative estimate of drug-likeness (QED) is 0.467. The van der Waals surface area contributed by atoms with Gasteiger partial charge in [0.15, 0.2) is 0 Å². The van der Waals surface area contributed by atoms with E-state index in [1.54, 1.807) is 24.3 Å². The number of nitrogens with one attached hydrogen (secondary N) is 2. The highest BCUT2D eigenvalue weighted by Crippen LogP contribution is 2.35. The molecule has 134 valence electrons. The maximum absolute atomic E-state index is 13.3. The van der Waals surface area contributed by atoms with Crippen molar-refractivity contribution in [2.24, 2.45) is 0 Å². The molecule has 2 aromatic carbocycles. The summed E-state index contributed by atoms with van der Waals surface area (Å²) in [7, 11) is 0. The molecule has 1 aromatic heterocycles. The molecular weight excluding hydrogens is 456 g/mol. The molecule has 0 bridgehead atoms. The SMILES string of the molecule is Cc1cccc(Nc2ncc(C(F)(F)F)c(Nc3cccc(I)c3)n2)c1. The maximum Gasteiger partial charge on any atom is 0.421 e. The van der Waals surface area contributed by atoms with E-state index in [2.05, 4.69) is 43.2 Å². The molecule has 1 heterocycles. The first kappa shape index (κ1) is 18.4. The van der Waals surface area contributed by atoms with E-state index in [0.717, 1.165) is 15.3 Å². The molecule has 0 unspecified atom stereocenters. The summed E-state index contributed by atoms with van der Waals surface area (Å²) in [6.45, 7) is 1.92. The average Bonchev–Trinajstić information content (AvgIpc) is 2.54. The Balaban J connectivity index is 1.96. The Bertz CT molecular complexity index is 928. The molecule has 0 fully saturated rings.